The third-order valence-electron chi connectivity index (χ3n) is 6.15. The second kappa shape index (κ2) is 6.72. The van der Waals surface area contributed by atoms with Crippen LogP contribution in [0.25, 0.3) is 11.3 Å². The van der Waals surface area contributed by atoms with Crippen molar-refractivity contribution in [3.63, 3.8) is 0 Å². The molecule has 1 aliphatic heterocycles. The van der Waals surface area contributed by atoms with E-state index < -0.39 is 16.1 Å². The van der Waals surface area contributed by atoms with Crippen LogP contribution in [-0.4, -0.2) is 42.2 Å². The number of hydrogen-bond donors (Lipinski definition) is 1. The summed E-state index contributed by atoms with van der Waals surface area (Å²) in [6.45, 7) is 4.55. The minimum absolute atomic E-state index is 0.279. The van der Waals surface area contributed by atoms with E-state index in [1.54, 1.807) is 16.4 Å². The highest BCUT2D eigenvalue weighted by molar-refractivity contribution is 7.89. The molecule has 1 saturated carbocycles. The number of benzene rings is 1. The Morgan fingerprint density at radius 2 is 2.00 bits per heavy atom. The maximum Gasteiger partial charge on any atom is 0.243 e. The molecule has 1 spiro atoms. The molecule has 0 radical (unpaired) electrons. The maximum atomic E-state index is 13.4. The average Bonchev–Trinajstić information content (AvgIpc) is 3.22. The molecule has 0 bridgehead atoms. The van der Waals surface area contributed by atoms with Crippen LogP contribution in [-0.2, 0) is 10.0 Å². The van der Waals surface area contributed by atoms with Crippen LogP contribution in [0.3, 0.4) is 0 Å². The lowest BCUT2D eigenvalue weighted by Gasteiger charge is -2.42. The molecule has 2 heterocycles. The summed E-state index contributed by atoms with van der Waals surface area (Å²) >= 11 is 0. The van der Waals surface area contributed by atoms with E-state index in [4.69, 9.17) is 4.52 Å². The Kier molecular flexibility index (Phi) is 4.64. The van der Waals surface area contributed by atoms with Crippen molar-refractivity contribution < 1.29 is 18.0 Å². The maximum absolute atomic E-state index is 13.4. The number of hydrogen-bond acceptors (Lipinski definition) is 5. The van der Waals surface area contributed by atoms with Gasteiger partial charge in [0.15, 0.2) is 5.76 Å². The van der Waals surface area contributed by atoms with Gasteiger partial charge in [-0.25, -0.2) is 8.42 Å². The number of sulfonamides is 1. The first-order valence-corrected chi connectivity index (χ1v) is 11.0. The van der Waals surface area contributed by atoms with Gasteiger partial charge >= 0.3 is 0 Å². The first-order valence-electron chi connectivity index (χ1n) is 9.54. The first kappa shape index (κ1) is 18.7. The van der Waals surface area contributed by atoms with Crippen LogP contribution in [0.4, 0.5) is 0 Å². The smallest absolute Gasteiger partial charge is 0.243 e. The number of rotatable bonds is 3. The molecule has 27 heavy (non-hydrogen) atoms. The second-order valence-corrected chi connectivity index (χ2v) is 9.93. The number of piperidine rings is 1. The zero-order chi connectivity index (χ0) is 19.2. The zero-order valence-corrected chi connectivity index (χ0v) is 16.6. The summed E-state index contributed by atoms with van der Waals surface area (Å²) < 4.78 is 33.8. The fourth-order valence-corrected chi connectivity index (χ4v) is 6.41. The molecular formula is C20H26N2O4S. The fraction of sp³-hybridized carbons (Fsp3) is 0.550. The third-order valence-corrected chi connectivity index (χ3v) is 8.14. The third kappa shape index (κ3) is 3.22. The Morgan fingerprint density at radius 1 is 1.22 bits per heavy atom. The lowest BCUT2D eigenvalue weighted by molar-refractivity contribution is 0.0127. The molecule has 6 nitrogen and oxygen atoms in total. The summed E-state index contributed by atoms with van der Waals surface area (Å²) in [6, 6.07) is 7.14. The highest BCUT2D eigenvalue weighted by atomic mass is 32.2. The normalized spacial score (nSPS) is 26.7. The molecule has 0 unspecified atom stereocenters. The molecule has 2 aromatic rings. The van der Waals surface area contributed by atoms with Gasteiger partial charge in [0, 0.05) is 30.1 Å². The van der Waals surface area contributed by atoms with E-state index in [0.717, 1.165) is 37.8 Å². The van der Waals surface area contributed by atoms with Crippen molar-refractivity contribution in [3.05, 3.63) is 35.5 Å². The Labute approximate surface area is 160 Å². The Morgan fingerprint density at radius 3 is 2.67 bits per heavy atom. The van der Waals surface area contributed by atoms with Crippen LogP contribution in [0.15, 0.2) is 33.7 Å². The zero-order valence-electron chi connectivity index (χ0n) is 15.8. The molecule has 1 saturated heterocycles. The standard InChI is InChI=1S/C20H26N2O4S/c1-14-6-7-16(17-11-15(2)21-26-17)12-18(14)27(24,25)22-10-4-9-20(13-22)8-3-5-19(20)23/h6-7,11-12,19,23H,3-5,8-10,13H2,1-2H3/t19-,20+/m1/s1. The van der Waals surface area contributed by atoms with Gasteiger partial charge in [0.05, 0.1) is 16.7 Å². The quantitative estimate of drug-likeness (QED) is 0.870. The van der Waals surface area contributed by atoms with E-state index >= 15 is 0 Å². The second-order valence-electron chi connectivity index (χ2n) is 8.03. The molecule has 0 amide bonds. The molecule has 146 valence electrons. The van der Waals surface area contributed by atoms with Gasteiger partial charge < -0.3 is 9.63 Å². The molecule has 2 fully saturated rings. The summed E-state index contributed by atoms with van der Waals surface area (Å²) in [5, 5.41) is 14.4. The predicted octanol–water partition coefficient (Wildman–Crippen LogP) is 3.27. The molecule has 4 rings (SSSR count). The number of aliphatic hydroxyl groups is 1. The lowest BCUT2D eigenvalue weighted by atomic mass is 9.77. The number of aromatic nitrogens is 1. The molecular weight excluding hydrogens is 364 g/mol. The molecule has 1 aromatic carbocycles. The van der Waals surface area contributed by atoms with Gasteiger partial charge in [0.25, 0.3) is 0 Å². The van der Waals surface area contributed by atoms with Gasteiger partial charge in [-0.1, -0.05) is 23.7 Å². The number of aliphatic hydroxyl groups excluding tert-OH is 1. The molecule has 1 aliphatic carbocycles. The minimum atomic E-state index is -3.64. The molecule has 2 aliphatic rings. The summed E-state index contributed by atoms with van der Waals surface area (Å²) in [5.41, 5.74) is 1.89. The van der Waals surface area contributed by atoms with Crippen molar-refractivity contribution in [3.8, 4) is 11.3 Å². The average molecular weight is 391 g/mol. The lowest BCUT2D eigenvalue weighted by Crippen LogP contribution is -2.49. The Balaban J connectivity index is 1.69. The molecule has 1 aromatic heterocycles. The van der Waals surface area contributed by atoms with Gasteiger partial charge in [-0.15, -0.1) is 0 Å². The summed E-state index contributed by atoms with van der Waals surface area (Å²) in [6.07, 6.45) is 3.92. The van der Waals surface area contributed by atoms with E-state index in [-0.39, 0.29) is 5.41 Å². The SMILES string of the molecule is Cc1cc(-c2ccc(C)c(S(=O)(=O)N3CCC[C@@]4(CCC[C@H]4O)C3)c2)on1. The van der Waals surface area contributed by atoms with Gasteiger partial charge in [0.1, 0.15) is 0 Å². The summed E-state index contributed by atoms with van der Waals surface area (Å²) in [5.74, 6) is 0.560. The summed E-state index contributed by atoms with van der Waals surface area (Å²) in [7, 11) is -3.64. The van der Waals surface area contributed by atoms with Crippen molar-refractivity contribution >= 4 is 10.0 Å². The Hall–Kier alpha value is -1.70. The van der Waals surface area contributed by atoms with E-state index in [2.05, 4.69) is 5.16 Å². The first-order chi connectivity index (χ1) is 12.8. The monoisotopic (exact) mass is 390 g/mol. The highest BCUT2D eigenvalue weighted by Crippen LogP contribution is 2.46. The van der Waals surface area contributed by atoms with Crippen molar-refractivity contribution in [1.82, 2.24) is 9.46 Å². The predicted molar refractivity (Wildman–Crippen MR) is 102 cm³/mol. The van der Waals surface area contributed by atoms with E-state index in [9.17, 15) is 13.5 Å². The fourth-order valence-electron chi connectivity index (χ4n) is 4.59. The van der Waals surface area contributed by atoms with Crippen molar-refractivity contribution in [2.45, 2.75) is 57.0 Å². The van der Waals surface area contributed by atoms with Crippen LogP contribution >= 0.6 is 0 Å². The van der Waals surface area contributed by atoms with Crippen LogP contribution < -0.4 is 0 Å². The van der Waals surface area contributed by atoms with Crippen molar-refractivity contribution in [2.24, 2.45) is 5.41 Å². The van der Waals surface area contributed by atoms with Crippen LogP contribution in [0, 0.1) is 19.3 Å². The largest absolute Gasteiger partial charge is 0.392 e. The van der Waals surface area contributed by atoms with Crippen LogP contribution in [0.5, 0.6) is 0 Å². The summed E-state index contributed by atoms with van der Waals surface area (Å²) in [4.78, 5) is 0.304. The van der Waals surface area contributed by atoms with E-state index in [1.807, 2.05) is 26.0 Å². The van der Waals surface area contributed by atoms with Crippen molar-refractivity contribution in [1.29, 1.82) is 0 Å². The molecule has 2 atom stereocenters. The van der Waals surface area contributed by atoms with Gasteiger partial charge in [0.2, 0.25) is 10.0 Å². The number of aryl methyl sites for hydroxylation is 2. The van der Waals surface area contributed by atoms with Gasteiger partial charge in [-0.3, -0.25) is 0 Å². The van der Waals surface area contributed by atoms with Gasteiger partial charge in [-0.2, -0.15) is 4.31 Å². The minimum Gasteiger partial charge on any atom is -0.392 e. The van der Waals surface area contributed by atoms with Crippen molar-refractivity contribution in [2.75, 3.05) is 13.1 Å². The van der Waals surface area contributed by atoms with E-state index in [0.29, 0.717) is 34.9 Å². The van der Waals surface area contributed by atoms with Crippen LogP contribution in [0.2, 0.25) is 0 Å². The number of nitrogens with zero attached hydrogens (tertiary/aromatic N) is 2. The highest BCUT2D eigenvalue weighted by Gasteiger charge is 2.47. The van der Waals surface area contributed by atoms with Gasteiger partial charge in [-0.05, 0) is 51.2 Å². The topological polar surface area (TPSA) is 83.6 Å². The van der Waals surface area contributed by atoms with Crippen LogP contribution in [0.1, 0.15) is 43.4 Å². The Bertz CT molecular complexity index is 953. The molecule has 7 heteroatoms. The molecule has 1 N–H and O–H groups in total. The van der Waals surface area contributed by atoms with E-state index in [1.165, 1.54) is 0 Å².